The Balaban J connectivity index is 1.51. The Labute approximate surface area is 173 Å². The number of nitrogens with zero attached hydrogens (tertiary/aromatic N) is 1. The van der Waals surface area contributed by atoms with Crippen LogP contribution in [0.2, 0.25) is 5.02 Å². The SMILES string of the molecule is Cc1nc(NC(=O)c2cc3cc(Cl)ccc3o2)sc1Cc1ccc(Br)cc1. The van der Waals surface area contributed by atoms with Gasteiger partial charge in [0.2, 0.25) is 0 Å². The number of benzene rings is 2. The van der Waals surface area contributed by atoms with E-state index in [2.05, 4.69) is 38.4 Å². The minimum absolute atomic E-state index is 0.231. The van der Waals surface area contributed by atoms with Crippen LogP contribution in [0.3, 0.4) is 0 Å². The fraction of sp³-hybridized carbons (Fsp3) is 0.100. The number of furan rings is 1. The van der Waals surface area contributed by atoms with Crippen LogP contribution >= 0.6 is 38.9 Å². The molecule has 27 heavy (non-hydrogen) atoms. The Bertz CT molecular complexity index is 1130. The summed E-state index contributed by atoms with van der Waals surface area (Å²) < 4.78 is 6.65. The first kappa shape index (κ1) is 18.2. The topological polar surface area (TPSA) is 55.1 Å². The summed E-state index contributed by atoms with van der Waals surface area (Å²) >= 11 is 10.9. The molecule has 0 aliphatic carbocycles. The van der Waals surface area contributed by atoms with E-state index in [1.807, 2.05) is 19.1 Å². The molecule has 4 nitrogen and oxygen atoms in total. The minimum atomic E-state index is -0.328. The summed E-state index contributed by atoms with van der Waals surface area (Å²) in [5.74, 6) is -0.0964. The van der Waals surface area contributed by atoms with Crippen molar-refractivity contribution in [2.45, 2.75) is 13.3 Å². The zero-order chi connectivity index (χ0) is 19.0. The van der Waals surface area contributed by atoms with E-state index in [0.29, 0.717) is 15.7 Å². The number of carbonyl (C=O) groups excluding carboxylic acids is 1. The van der Waals surface area contributed by atoms with Gasteiger partial charge in [0.25, 0.3) is 5.91 Å². The Kier molecular flexibility index (Phi) is 5.04. The van der Waals surface area contributed by atoms with Crippen LogP contribution in [-0.4, -0.2) is 10.9 Å². The molecule has 1 amide bonds. The van der Waals surface area contributed by atoms with Crippen molar-refractivity contribution < 1.29 is 9.21 Å². The van der Waals surface area contributed by atoms with Gasteiger partial charge < -0.3 is 4.42 Å². The molecule has 0 aliphatic rings. The third-order valence-corrected chi connectivity index (χ3v) is 5.93. The lowest BCUT2D eigenvalue weighted by Gasteiger charge is -2.00. The molecule has 4 aromatic rings. The van der Waals surface area contributed by atoms with E-state index < -0.39 is 0 Å². The van der Waals surface area contributed by atoms with E-state index in [-0.39, 0.29) is 11.7 Å². The summed E-state index contributed by atoms with van der Waals surface area (Å²) in [4.78, 5) is 18.1. The summed E-state index contributed by atoms with van der Waals surface area (Å²) in [5, 5.41) is 4.77. The molecule has 7 heteroatoms. The lowest BCUT2D eigenvalue weighted by Crippen LogP contribution is -2.10. The molecule has 0 saturated carbocycles. The van der Waals surface area contributed by atoms with Gasteiger partial charge in [0, 0.05) is 26.2 Å². The molecule has 0 aliphatic heterocycles. The third kappa shape index (κ3) is 4.08. The second-order valence-corrected chi connectivity index (χ2v) is 8.51. The fourth-order valence-corrected chi connectivity index (χ4v) is 4.15. The maximum atomic E-state index is 12.5. The van der Waals surface area contributed by atoms with Gasteiger partial charge in [-0.05, 0) is 48.9 Å². The van der Waals surface area contributed by atoms with Crippen molar-refractivity contribution in [1.82, 2.24) is 4.98 Å². The second kappa shape index (κ2) is 7.46. The predicted octanol–water partition coefficient (Wildman–Crippen LogP) is 6.46. The number of hydrogen-bond acceptors (Lipinski definition) is 4. The molecule has 2 aromatic heterocycles. The van der Waals surface area contributed by atoms with Gasteiger partial charge in [-0.15, -0.1) is 11.3 Å². The molecule has 0 fully saturated rings. The number of aromatic nitrogens is 1. The van der Waals surface area contributed by atoms with Gasteiger partial charge in [0.05, 0.1) is 5.69 Å². The van der Waals surface area contributed by atoms with Gasteiger partial charge in [-0.25, -0.2) is 4.98 Å². The summed E-state index contributed by atoms with van der Waals surface area (Å²) in [6.45, 7) is 1.95. The summed E-state index contributed by atoms with van der Waals surface area (Å²) in [5.41, 5.74) is 2.72. The monoisotopic (exact) mass is 460 g/mol. The van der Waals surface area contributed by atoms with Crippen LogP contribution < -0.4 is 5.32 Å². The lowest BCUT2D eigenvalue weighted by molar-refractivity contribution is 0.0998. The first-order valence-electron chi connectivity index (χ1n) is 8.19. The maximum Gasteiger partial charge on any atom is 0.293 e. The van der Waals surface area contributed by atoms with Crippen molar-refractivity contribution in [3.8, 4) is 0 Å². The fourth-order valence-electron chi connectivity index (χ4n) is 2.72. The van der Waals surface area contributed by atoms with E-state index in [0.717, 1.165) is 26.9 Å². The van der Waals surface area contributed by atoms with E-state index in [9.17, 15) is 4.79 Å². The van der Waals surface area contributed by atoms with Crippen LogP contribution in [0.25, 0.3) is 11.0 Å². The van der Waals surface area contributed by atoms with Crippen molar-refractivity contribution in [2.24, 2.45) is 0 Å². The van der Waals surface area contributed by atoms with Crippen molar-refractivity contribution in [3.05, 3.63) is 79.9 Å². The Morgan fingerprint density at radius 1 is 1.22 bits per heavy atom. The minimum Gasteiger partial charge on any atom is -0.451 e. The van der Waals surface area contributed by atoms with E-state index in [1.165, 1.54) is 16.9 Å². The first-order valence-corrected chi connectivity index (χ1v) is 10.2. The third-order valence-electron chi connectivity index (χ3n) is 4.09. The predicted molar refractivity (Wildman–Crippen MR) is 113 cm³/mol. The molecule has 0 spiro atoms. The van der Waals surface area contributed by atoms with Crippen LogP contribution in [-0.2, 0) is 6.42 Å². The molecule has 1 N–H and O–H groups in total. The summed E-state index contributed by atoms with van der Waals surface area (Å²) in [7, 11) is 0. The summed E-state index contributed by atoms with van der Waals surface area (Å²) in [6, 6.07) is 15.1. The van der Waals surface area contributed by atoms with Crippen molar-refractivity contribution >= 4 is 60.9 Å². The normalized spacial score (nSPS) is 11.1. The number of anilines is 1. The van der Waals surface area contributed by atoms with E-state index >= 15 is 0 Å². The molecule has 4 rings (SSSR count). The van der Waals surface area contributed by atoms with Crippen LogP contribution in [0, 0.1) is 6.92 Å². The number of nitrogens with one attached hydrogen (secondary N) is 1. The second-order valence-electron chi connectivity index (χ2n) is 6.08. The van der Waals surface area contributed by atoms with E-state index in [4.69, 9.17) is 16.0 Å². The van der Waals surface area contributed by atoms with E-state index in [1.54, 1.807) is 24.3 Å². The molecule has 0 radical (unpaired) electrons. The van der Waals surface area contributed by atoms with Gasteiger partial charge in [0.15, 0.2) is 10.9 Å². The highest BCUT2D eigenvalue weighted by Gasteiger charge is 2.16. The van der Waals surface area contributed by atoms with Gasteiger partial charge >= 0.3 is 0 Å². The van der Waals surface area contributed by atoms with Gasteiger partial charge in [0.1, 0.15) is 5.58 Å². The van der Waals surface area contributed by atoms with Gasteiger partial charge in [-0.3, -0.25) is 10.1 Å². The Morgan fingerprint density at radius 2 is 2.00 bits per heavy atom. The standard InChI is InChI=1S/C20H14BrClN2O2S/c1-11-18(8-12-2-4-14(21)5-3-12)27-20(23-11)24-19(25)17-10-13-9-15(22)6-7-16(13)26-17/h2-7,9-10H,8H2,1H3,(H,23,24,25). The molecule has 0 saturated heterocycles. The largest absolute Gasteiger partial charge is 0.451 e. The quantitative estimate of drug-likeness (QED) is 0.379. The van der Waals surface area contributed by atoms with Crippen molar-refractivity contribution in [1.29, 1.82) is 0 Å². The highest BCUT2D eigenvalue weighted by Crippen LogP contribution is 2.27. The summed E-state index contributed by atoms with van der Waals surface area (Å²) in [6.07, 6.45) is 0.774. The Hall–Kier alpha value is -2.15. The molecular weight excluding hydrogens is 448 g/mol. The zero-order valence-corrected chi connectivity index (χ0v) is 17.4. The number of fused-ring (bicyclic) bond motifs is 1. The average Bonchev–Trinajstić information content (AvgIpc) is 3.20. The number of carbonyl (C=O) groups is 1. The van der Waals surface area contributed by atoms with Crippen LogP contribution in [0.15, 0.2) is 57.4 Å². The van der Waals surface area contributed by atoms with Crippen molar-refractivity contribution in [2.75, 3.05) is 5.32 Å². The van der Waals surface area contributed by atoms with Crippen LogP contribution in [0.1, 0.15) is 26.7 Å². The van der Waals surface area contributed by atoms with Crippen LogP contribution in [0.4, 0.5) is 5.13 Å². The molecule has 0 atom stereocenters. The molecule has 2 heterocycles. The zero-order valence-electron chi connectivity index (χ0n) is 14.3. The lowest BCUT2D eigenvalue weighted by atomic mass is 10.1. The number of thiazole rings is 1. The highest BCUT2D eigenvalue weighted by molar-refractivity contribution is 9.10. The maximum absolute atomic E-state index is 12.5. The first-order chi connectivity index (χ1) is 13.0. The Morgan fingerprint density at radius 3 is 2.78 bits per heavy atom. The van der Waals surface area contributed by atoms with Crippen molar-refractivity contribution in [3.63, 3.8) is 0 Å². The molecule has 136 valence electrons. The smallest absolute Gasteiger partial charge is 0.293 e. The number of rotatable bonds is 4. The number of amides is 1. The number of aryl methyl sites for hydroxylation is 1. The highest BCUT2D eigenvalue weighted by atomic mass is 79.9. The van der Waals surface area contributed by atoms with Crippen LogP contribution in [0.5, 0.6) is 0 Å². The van der Waals surface area contributed by atoms with Gasteiger partial charge in [-0.1, -0.05) is 39.7 Å². The number of halogens is 2. The molecular formula is C20H14BrClN2O2S. The molecule has 0 unspecified atom stereocenters. The average molecular weight is 462 g/mol. The number of hydrogen-bond donors (Lipinski definition) is 1. The van der Waals surface area contributed by atoms with Gasteiger partial charge in [-0.2, -0.15) is 0 Å². The molecule has 2 aromatic carbocycles. The molecule has 0 bridgehead atoms.